The molecule has 3 nitrogen and oxygen atoms in total. The van der Waals surface area contributed by atoms with Crippen molar-refractivity contribution in [2.45, 2.75) is 0 Å². The van der Waals surface area contributed by atoms with E-state index in [0.717, 1.165) is 16.2 Å². The van der Waals surface area contributed by atoms with Crippen molar-refractivity contribution in [3.8, 4) is 0 Å². The van der Waals surface area contributed by atoms with Crippen LogP contribution in [0.15, 0.2) is 36.5 Å². The fraction of sp³-hybridized carbons (Fsp3) is 0.167. The predicted octanol–water partition coefficient (Wildman–Crippen LogP) is 2.36. The third kappa shape index (κ3) is 2.39. The molecule has 1 aromatic heterocycles. The Morgan fingerprint density at radius 1 is 1.38 bits per heavy atom. The van der Waals surface area contributed by atoms with Crippen LogP contribution in [0.25, 0.3) is 10.9 Å². The van der Waals surface area contributed by atoms with Crippen LogP contribution in [0.2, 0.25) is 0 Å². The molecule has 1 aromatic carbocycles. The van der Waals surface area contributed by atoms with E-state index in [1.807, 2.05) is 24.3 Å². The quantitative estimate of drug-likeness (QED) is 0.876. The summed E-state index contributed by atoms with van der Waals surface area (Å²) in [6, 6.07) is 9.31. The molecule has 4 heteroatoms. The van der Waals surface area contributed by atoms with Crippen LogP contribution in [0.1, 0.15) is 10.4 Å². The highest BCUT2D eigenvalue weighted by atomic mass is 79.9. The van der Waals surface area contributed by atoms with E-state index in [4.69, 9.17) is 0 Å². The smallest absolute Gasteiger partial charge is 0.251 e. The Hall–Kier alpha value is -1.42. The van der Waals surface area contributed by atoms with Crippen molar-refractivity contribution in [2.24, 2.45) is 0 Å². The summed E-state index contributed by atoms with van der Waals surface area (Å²) in [5.74, 6) is -0.0507. The fourth-order valence-corrected chi connectivity index (χ4v) is 1.68. The lowest BCUT2D eigenvalue weighted by atomic mass is 10.1. The van der Waals surface area contributed by atoms with Gasteiger partial charge in [-0.15, -0.1) is 0 Å². The van der Waals surface area contributed by atoms with Gasteiger partial charge in [-0.05, 0) is 24.3 Å². The van der Waals surface area contributed by atoms with Crippen molar-refractivity contribution in [3.63, 3.8) is 0 Å². The highest BCUT2D eigenvalue weighted by Gasteiger charge is 2.05. The molecule has 0 unspecified atom stereocenters. The minimum absolute atomic E-state index is 0.0507. The molecule has 0 atom stereocenters. The van der Waals surface area contributed by atoms with Crippen LogP contribution in [0.4, 0.5) is 0 Å². The Bertz CT molecular complexity index is 513. The third-order valence-electron chi connectivity index (χ3n) is 2.25. The molecule has 0 aliphatic heterocycles. The Morgan fingerprint density at radius 3 is 3.06 bits per heavy atom. The van der Waals surface area contributed by atoms with Gasteiger partial charge in [0.05, 0.1) is 5.52 Å². The lowest BCUT2D eigenvalue weighted by Crippen LogP contribution is -2.25. The number of nitrogens with one attached hydrogen (secondary N) is 1. The molecule has 0 fully saturated rings. The molecule has 0 bridgehead atoms. The van der Waals surface area contributed by atoms with Crippen LogP contribution in [0.5, 0.6) is 0 Å². The number of fused-ring (bicyclic) bond motifs is 1. The zero-order valence-corrected chi connectivity index (χ0v) is 10.2. The van der Waals surface area contributed by atoms with E-state index in [2.05, 4.69) is 26.2 Å². The Kier molecular flexibility index (Phi) is 3.51. The summed E-state index contributed by atoms with van der Waals surface area (Å²) < 4.78 is 0. The molecule has 82 valence electrons. The van der Waals surface area contributed by atoms with Crippen LogP contribution >= 0.6 is 15.9 Å². The van der Waals surface area contributed by atoms with Crippen molar-refractivity contribution in [1.29, 1.82) is 0 Å². The van der Waals surface area contributed by atoms with Gasteiger partial charge in [0.15, 0.2) is 0 Å². The number of benzene rings is 1. The van der Waals surface area contributed by atoms with E-state index in [1.165, 1.54) is 0 Å². The van der Waals surface area contributed by atoms with Crippen LogP contribution in [-0.4, -0.2) is 22.8 Å². The normalized spacial score (nSPS) is 10.3. The molecule has 1 N–H and O–H groups in total. The van der Waals surface area contributed by atoms with Crippen LogP contribution < -0.4 is 5.32 Å². The molecule has 1 amide bonds. The number of amides is 1. The maximum absolute atomic E-state index is 11.7. The predicted molar refractivity (Wildman–Crippen MR) is 67.9 cm³/mol. The second-order valence-corrected chi connectivity index (χ2v) is 4.15. The lowest BCUT2D eigenvalue weighted by molar-refractivity contribution is 0.0956. The van der Waals surface area contributed by atoms with E-state index < -0.39 is 0 Å². The number of aromatic nitrogens is 1. The average molecular weight is 279 g/mol. The molecule has 2 rings (SSSR count). The maximum Gasteiger partial charge on any atom is 0.251 e. The first-order valence-electron chi connectivity index (χ1n) is 5.00. The number of alkyl halides is 1. The molecule has 1 heterocycles. The SMILES string of the molecule is O=C(NCCBr)c1ccc2ncccc2c1. The van der Waals surface area contributed by atoms with Crippen LogP contribution in [0, 0.1) is 0 Å². The van der Waals surface area contributed by atoms with Crippen LogP contribution in [0.3, 0.4) is 0 Å². The van der Waals surface area contributed by atoms with Crippen molar-refractivity contribution in [3.05, 3.63) is 42.1 Å². The number of rotatable bonds is 3. The highest BCUT2D eigenvalue weighted by Crippen LogP contribution is 2.13. The van der Waals surface area contributed by atoms with Crippen molar-refractivity contribution < 1.29 is 4.79 Å². The average Bonchev–Trinajstić information content (AvgIpc) is 2.35. The molecule has 2 aromatic rings. The molecule has 0 saturated carbocycles. The van der Waals surface area contributed by atoms with E-state index in [-0.39, 0.29) is 5.91 Å². The van der Waals surface area contributed by atoms with Gasteiger partial charge in [-0.3, -0.25) is 9.78 Å². The lowest BCUT2D eigenvalue weighted by Gasteiger charge is -2.04. The number of hydrogen-bond donors (Lipinski definition) is 1. The first-order valence-corrected chi connectivity index (χ1v) is 6.12. The molecule has 0 saturated heterocycles. The maximum atomic E-state index is 11.7. The summed E-state index contributed by atoms with van der Waals surface area (Å²) in [6.07, 6.45) is 1.74. The standard InChI is InChI=1S/C12H11BrN2O/c13-5-7-15-12(16)10-3-4-11-9(8-10)2-1-6-14-11/h1-4,6,8H,5,7H2,(H,15,16). The number of pyridine rings is 1. The van der Waals surface area contributed by atoms with Gasteiger partial charge in [0.25, 0.3) is 5.91 Å². The monoisotopic (exact) mass is 278 g/mol. The van der Waals surface area contributed by atoms with Gasteiger partial charge < -0.3 is 5.32 Å². The van der Waals surface area contributed by atoms with E-state index in [1.54, 1.807) is 12.3 Å². The number of nitrogens with zero attached hydrogens (tertiary/aromatic N) is 1. The second kappa shape index (κ2) is 5.07. The summed E-state index contributed by atoms with van der Waals surface area (Å²) in [4.78, 5) is 15.9. The van der Waals surface area contributed by atoms with Gasteiger partial charge in [0, 0.05) is 29.0 Å². The van der Waals surface area contributed by atoms with E-state index >= 15 is 0 Å². The number of carbonyl (C=O) groups is 1. The Morgan fingerprint density at radius 2 is 2.25 bits per heavy atom. The molecule has 0 radical (unpaired) electrons. The molecule has 16 heavy (non-hydrogen) atoms. The van der Waals surface area contributed by atoms with Crippen molar-refractivity contribution in [2.75, 3.05) is 11.9 Å². The first-order chi connectivity index (χ1) is 7.81. The van der Waals surface area contributed by atoms with E-state index in [0.29, 0.717) is 12.1 Å². The van der Waals surface area contributed by atoms with Crippen LogP contribution in [-0.2, 0) is 0 Å². The van der Waals surface area contributed by atoms with Gasteiger partial charge in [-0.25, -0.2) is 0 Å². The molecule has 0 aliphatic carbocycles. The minimum atomic E-state index is -0.0507. The van der Waals surface area contributed by atoms with Gasteiger partial charge in [0.1, 0.15) is 0 Å². The number of halogens is 1. The Balaban J connectivity index is 2.28. The van der Waals surface area contributed by atoms with Gasteiger partial charge in [-0.1, -0.05) is 22.0 Å². The molecular weight excluding hydrogens is 268 g/mol. The zero-order valence-electron chi connectivity index (χ0n) is 8.61. The summed E-state index contributed by atoms with van der Waals surface area (Å²) in [7, 11) is 0. The zero-order chi connectivity index (χ0) is 11.4. The molecule has 0 spiro atoms. The number of carbonyl (C=O) groups excluding carboxylic acids is 1. The second-order valence-electron chi connectivity index (χ2n) is 3.36. The summed E-state index contributed by atoms with van der Waals surface area (Å²) in [5, 5.41) is 4.55. The number of hydrogen-bond acceptors (Lipinski definition) is 2. The van der Waals surface area contributed by atoms with Gasteiger partial charge in [-0.2, -0.15) is 0 Å². The summed E-state index contributed by atoms with van der Waals surface area (Å²) in [6.45, 7) is 0.629. The first kappa shape index (κ1) is 11.1. The Labute approximate surface area is 102 Å². The topological polar surface area (TPSA) is 42.0 Å². The van der Waals surface area contributed by atoms with Gasteiger partial charge >= 0.3 is 0 Å². The largest absolute Gasteiger partial charge is 0.351 e. The summed E-state index contributed by atoms with van der Waals surface area (Å²) >= 11 is 3.27. The van der Waals surface area contributed by atoms with Crippen molar-refractivity contribution >= 4 is 32.7 Å². The summed E-state index contributed by atoms with van der Waals surface area (Å²) in [5.41, 5.74) is 1.57. The molecule has 0 aliphatic rings. The highest BCUT2D eigenvalue weighted by molar-refractivity contribution is 9.09. The third-order valence-corrected chi connectivity index (χ3v) is 2.64. The van der Waals surface area contributed by atoms with Crippen molar-refractivity contribution in [1.82, 2.24) is 10.3 Å². The van der Waals surface area contributed by atoms with Gasteiger partial charge in [0.2, 0.25) is 0 Å². The minimum Gasteiger partial charge on any atom is -0.351 e. The van der Waals surface area contributed by atoms with E-state index in [9.17, 15) is 4.79 Å². The molecular formula is C12H11BrN2O. The fourth-order valence-electron chi connectivity index (χ4n) is 1.48.